The fourth-order valence-electron chi connectivity index (χ4n) is 3.63. The summed E-state index contributed by atoms with van der Waals surface area (Å²) in [5.41, 5.74) is 0.712. The Kier molecular flexibility index (Phi) is 6.42. The minimum Gasteiger partial charge on any atom is -0.490 e. The van der Waals surface area contributed by atoms with Crippen LogP contribution in [0.2, 0.25) is 0 Å². The molecule has 2 heterocycles. The predicted molar refractivity (Wildman–Crippen MR) is 124 cm³/mol. The number of hydrogen-bond acceptors (Lipinski definition) is 5. The molecule has 0 bridgehead atoms. The van der Waals surface area contributed by atoms with Gasteiger partial charge in [0.15, 0.2) is 17.2 Å². The molecule has 0 amide bonds. The van der Waals surface area contributed by atoms with E-state index in [2.05, 4.69) is 9.97 Å². The topological polar surface area (TPSA) is 127 Å². The minimum absolute atomic E-state index is 0.0276. The molecule has 4 aromatic rings. The maximum atomic E-state index is 14.9. The molecule has 0 atom stereocenters. The van der Waals surface area contributed by atoms with Gasteiger partial charge in [-0.1, -0.05) is 24.3 Å². The first kappa shape index (κ1) is 23.8. The third-order valence-corrected chi connectivity index (χ3v) is 5.93. The van der Waals surface area contributed by atoms with Gasteiger partial charge in [-0.15, -0.1) is 0 Å². The molecule has 0 aliphatic carbocycles. The van der Waals surface area contributed by atoms with Crippen LogP contribution in [0.1, 0.15) is 20.3 Å². The lowest BCUT2D eigenvalue weighted by atomic mass is 10.1. The van der Waals surface area contributed by atoms with E-state index in [4.69, 9.17) is 19.0 Å². The quantitative estimate of drug-likeness (QED) is 0.318. The van der Waals surface area contributed by atoms with Crippen molar-refractivity contribution in [2.45, 2.75) is 25.9 Å². The van der Waals surface area contributed by atoms with Crippen LogP contribution < -0.4 is 10.3 Å². The van der Waals surface area contributed by atoms with Crippen molar-refractivity contribution >= 4 is 18.9 Å². The van der Waals surface area contributed by atoms with Crippen molar-refractivity contribution in [3.8, 4) is 22.6 Å². The van der Waals surface area contributed by atoms with Crippen LogP contribution in [0.25, 0.3) is 27.8 Å². The molecule has 178 valence electrons. The average molecular weight is 487 g/mol. The van der Waals surface area contributed by atoms with E-state index in [1.807, 2.05) is 30.3 Å². The molecule has 2 aromatic carbocycles. The summed E-state index contributed by atoms with van der Waals surface area (Å²) in [5, 5.41) is 0.329. The van der Waals surface area contributed by atoms with Gasteiger partial charge in [-0.25, -0.2) is 13.9 Å². The Labute approximate surface area is 194 Å². The Morgan fingerprint density at radius 1 is 1.18 bits per heavy atom. The van der Waals surface area contributed by atoms with Crippen LogP contribution in [0, 0.1) is 5.82 Å². The number of nitrogens with zero attached hydrogens (tertiary/aromatic N) is 2. The first-order valence-corrected chi connectivity index (χ1v) is 11.9. The predicted octanol–water partition coefficient (Wildman–Crippen LogP) is 4.18. The Hall–Kier alpha value is -3.30. The summed E-state index contributed by atoms with van der Waals surface area (Å²) < 4.78 is 37.9. The number of phosphoric ester groups is 1. The molecule has 0 aliphatic heterocycles. The summed E-state index contributed by atoms with van der Waals surface area (Å²) in [7, 11) is -4.66. The number of aromatic amines is 1. The first-order chi connectivity index (χ1) is 16.0. The van der Waals surface area contributed by atoms with Crippen molar-refractivity contribution in [2.24, 2.45) is 0 Å². The van der Waals surface area contributed by atoms with E-state index in [1.165, 1.54) is 32.3 Å². The van der Waals surface area contributed by atoms with Crippen molar-refractivity contribution < 1.29 is 28.0 Å². The molecule has 0 fully saturated rings. The third-order valence-electron chi connectivity index (χ3n) is 5.19. The fraction of sp³-hybridized carbons (Fsp3) is 0.217. The lowest BCUT2D eigenvalue weighted by Crippen LogP contribution is -2.25. The van der Waals surface area contributed by atoms with E-state index >= 15 is 0 Å². The second-order valence-electron chi connectivity index (χ2n) is 8.26. The fourth-order valence-corrected chi connectivity index (χ4v) is 4.37. The molecule has 0 aliphatic rings. The number of H-pyrrole nitrogens is 1. The summed E-state index contributed by atoms with van der Waals surface area (Å²) >= 11 is 0. The van der Waals surface area contributed by atoms with Gasteiger partial charge in [-0.2, -0.15) is 0 Å². The molecule has 0 saturated heterocycles. The van der Waals surface area contributed by atoms with E-state index in [-0.39, 0.29) is 24.3 Å². The van der Waals surface area contributed by atoms with Crippen molar-refractivity contribution in [3.05, 3.63) is 77.2 Å². The average Bonchev–Trinajstić information content (AvgIpc) is 3.15. The number of para-hydroxylation sites is 1. The Bertz CT molecular complexity index is 1430. The highest BCUT2D eigenvalue weighted by molar-refractivity contribution is 7.46. The number of aromatic nitrogens is 3. The Morgan fingerprint density at radius 2 is 1.91 bits per heavy atom. The zero-order valence-corrected chi connectivity index (χ0v) is 19.3. The van der Waals surface area contributed by atoms with Crippen LogP contribution >= 0.6 is 7.82 Å². The molecule has 34 heavy (non-hydrogen) atoms. The van der Waals surface area contributed by atoms with Crippen LogP contribution in [0.3, 0.4) is 0 Å². The Morgan fingerprint density at radius 3 is 2.59 bits per heavy atom. The van der Waals surface area contributed by atoms with Crippen LogP contribution in [-0.2, 0) is 9.09 Å². The molecule has 9 nitrogen and oxygen atoms in total. The molecular weight excluding hydrogens is 464 g/mol. The lowest BCUT2D eigenvalue weighted by Gasteiger charge is -2.25. The lowest BCUT2D eigenvalue weighted by molar-refractivity contribution is 0.0458. The van der Waals surface area contributed by atoms with Crippen molar-refractivity contribution in [2.75, 3.05) is 6.61 Å². The molecule has 0 spiro atoms. The SMILES string of the molecule is CC(C)(CCOc1ccc(-c2cn(-c3ccccc3)c3nc[nH]c(=O)c23)cc1F)OP(=O)(O)O. The van der Waals surface area contributed by atoms with Gasteiger partial charge in [-0.3, -0.25) is 9.32 Å². The van der Waals surface area contributed by atoms with Gasteiger partial charge >= 0.3 is 7.82 Å². The maximum Gasteiger partial charge on any atom is 0.470 e. The normalized spacial score (nSPS) is 12.3. The number of nitrogens with one attached hydrogen (secondary N) is 1. The van der Waals surface area contributed by atoms with Gasteiger partial charge in [0.25, 0.3) is 5.56 Å². The van der Waals surface area contributed by atoms with Gasteiger partial charge < -0.3 is 24.1 Å². The highest BCUT2D eigenvalue weighted by Crippen LogP contribution is 2.42. The molecule has 4 rings (SSSR count). The van der Waals surface area contributed by atoms with Crippen LogP contribution in [0.15, 0.2) is 65.8 Å². The van der Waals surface area contributed by atoms with Crippen molar-refractivity contribution in [3.63, 3.8) is 0 Å². The summed E-state index contributed by atoms with van der Waals surface area (Å²) in [6.07, 6.45) is 3.17. The number of hydrogen-bond donors (Lipinski definition) is 3. The van der Waals surface area contributed by atoms with Crippen LogP contribution in [0.5, 0.6) is 5.75 Å². The molecule has 3 N–H and O–H groups in total. The summed E-state index contributed by atoms with van der Waals surface area (Å²) in [5.74, 6) is -0.679. The molecule has 11 heteroatoms. The van der Waals surface area contributed by atoms with E-state index in [1.54, 1.807) is 16.8 Å². The summed E-state index contributed by atoms with van der Waals surface area (Å²) in [6, 6.07) is 13.7. The zero-order chi connectivity index (χ0) is 24.5. The molecule has 0 saturated carbocycles. The zero-order valence-electron chi connectivity index (χ0n) is 18.4. The summed E-state index contributed by atoms with van der Waals surface area (Å²) in [4.78, 5) is 37.4. The highest BCUT2D eigenvalue weighted by atomic mass is 31.2. The smallest absolute Gasteiger partial charge is 0.470 e. The molecule has 2 aromatic heterocycles. The van der Waals surface area contributed by atoms with Gasteiger partial charge in [-0.05, 0) is 43.7 Å². The largest absolute Gasteiger partial charge is 0.490 e. The van der Waals surface area contributed by atoms with E-state index in [0.29, 0.717) is 22.2 Å². The molecule has 0 unspecified atom stereocenters. The number of rotatable bonds is 8. The number of fused-ring (bicyclic) bond motifs is 1. The first-order valence-electron chi connectivity index (χ1n) is 10.4. The highest BCUT2D eigenvalue weighted by Gasteiger charge is 2.29. The van der Waals surface area contributed by atoms with E-state index in [0.717, 1.165) is 5.69 Å². The number of halogens is 1. The number of phosphoric acid groups is 1. The van der Waals surface area contributed by atoms with Crippen LogP contribution in [0.4, 0.5) is 4.39 Å². The van der Waals surface area contributed by atoms with Crippen molar-refractivity contribution in [1.82, 2.24) is 14.5 Å². The van der Waals surface area contributed by atoms with Crippen LogP contribution in [-0.4, -0.2) is 36.5 Å². The number of benzene rings is 2. The molecule has 0 radical (unpaired) electrons. The third kappa shape index (κ3) is 5.26. The van der Waals surface area contributed by atoms with Gasteiger partial charge in [0.05, 0.1) is 23.9 Å². The number of ether oxygens (including phenoxy) is 1. The summed E-state index contributed by atoms with van der Waals surface area (Å²) in [6.45, 7) is 2.98. The van der Waals surface area contributed by atoms with E-state index in [9.17, 15) is 13.8 Å². The second-order valence-corrected chi connectivity index (χ2v) is 9.43. The minimum atomic E-state index is -4.66. The van der Waals surface area contributed by atoms with E-state index < -0.39 is 19.2 Å². The van der Waals surface area contributed by atoms with Gasteiger partial charge in [0.1, 0.15) is 0 Å². The van der Waals surface area contributed by atoms with Gasteiger partial charge in [0, 0.05) is 23.9 Å². The van der Waals surface area contributed by atoms with Gasteiger partial charge in [0.2, 0.25) is 0 Å². The maximum absolute atomic E-state index is 14.9. The Balaban J connectivity index is 1.62. The standard InChI is InChI=1S/C23H23FN3O6P/c1-23(2,33-34(29,30)31)10-11-32-19-9-8-15(12-18(19)24)17-13-27(16-6-4-3-5-7-16)21-20(17)22(28)26-14-25-21/h3-9,12-14H,10-11H2,1-2H3,(H,25,26,28)(H2,29,30,31). The monoisotopic (exact) mass is 487 g/mol. The second kappa shape index (κ2) is 9.15. The molecular formula is C23H23FN3O6P. The van der Waals surface area contributed by atoms with Crippen molar-refractivity contribution in [1.29, 1.82) is 0 Å².